The third kappa shape index (κ3) is 4.15. The van der Waals surface area contributed by atoms with E-state index in [4.69, 9.17) is 4.74 Å². The summed E-state index contributed by atoms with van der Waals surface area (Å²) in [6, 6.07) is 18.8. The topological polar surface area (TPSA) is 64.1 Å². The van der Waals surface area contributed by atoms with Crippen molar-refractivity contribution in [2.45, 2.75) is 6.54 Å². The van der Waals surface area contributed by atoms with Crippen molar-refractivity contribution >= 4 is 43.4 Å². The van der Waals surface area contributed by atoms with Gasteiger partial charge in [-0.1, -0.05) is 24.3 Å². The normalized spacial score (nSPS) is 10.7. The Bertz CT molecular complexity index is 1060. The third-order valence-electron chi connectivity index (χ3n) is 3.79. The molecule has 0 aliphatic carbocycles. The van der Waals surface area contributed by atoms with Crippen LogP contribution in [0.4, 0.5) is 0 Å². The van der Waals surface area contributed by atoms with E-state index in [1.165, 1.54) is 6.20 Å². The van der Waals surface area contributed by atoms with Crippen LogP contribution in [-0.2, 0) is 6.54 Å². The SMILES string of the molecule is O=C(NCc1nc2ccccc2s1)c1ccc(Oc2ccccc2Br)nc1. The maximum Gasteiger partial charge on any atom is 0.253 e. The maximum atomic E-state index is 12.3. The van der Waals surface area contributed by atoms with Gasteiger partial charge < -0.3 is 10.1 Å². The van der Waals surface area contributed by atoms with Crippen molar-refractivity contribution < 1.29 is 9.53 Å². The minimum Gasteiger partial charge on any atom is -0.438 e. The van der Waals surface area contributed by atoms with Crippen molar-refractivity contribution in [3.05, 3.63) is 81.9 Å². The monoisotopic (exact) mass is 439 g/mol. The Balaban J connectivity index is 1.39. The number of aromatic nitrogens is 2. The van der Waals surface area contributed by atoms with E-state index in [0.29, 0.717) is 23.7 Å². The number of carbonyl (C=O) groups excluding carboxylic acids is 1. The van der Waals surface area contributed by atoms with Crippen LogP contribution in [0.15, 0.2) is 71.3 Å². The van der Waals surface area contributed by atoms with Crippen molar-refractivity contribution in [3.63, 3.8) is 0 Å². The summed E-state index contributed by atoms with van der Waals surface area (Å²) >= 11 is 5.00. The highest BCUT2D eigenvalue weighted by molar-refractivity contribution is 9.10. The van der Waals surface area contributed by atoms with Gasteiger partial charge in [0.25, 0.3) is 5.91 Å². The second kappa shape index (κ2) is 7.85. The first-order chi connectivity index (χ1) is 13.2. The number of para-hydroxylation sites is 2. The number of hydrogen-bond donors (Lipinski definition) is 1. The third-order valence-corrected chi connectivity index (χ3v) is 5.48. The highest BCUT2D eigenvalue weighted by atomic mass is 79.9. The molecule has 0 radical (unpaired) electrons. The Kier molecular flexibility index (Phi) is 5.13. The van der Waals surface area contributed by atoms with Gasteiger partial charge in [-0.25, -0.2) is 9.97 Å². The number of nitrogens with one attached hydrogen (secondary N) is 1. The maximum absolute atomic E-state index is 12.3. The Labute approximate surface area is 168 Å². The highest BCUT2D eigenvalue weighted by Crippen LogP contribution is 2.28. The lowest BCUT2D eigenvalue weighted by Crippen LogP contribution is -2.22. The van der Waals surface area contributed by atoms with Crippen molar-refractivity contribution in [1.29, 1.82) is 0 Å². The van der Waals surface area contributed by atoms with Crippen molar-refractivity contribution in [2.24, 2.45) is 0 Å². The zero-order valence-electron chi connectivity index (χ0n) is 14.1. The molecular weight excluding hydrogens is 426 g/mol. The van der Waals surface area contributed by atoms with E-state index in [-0.39, 0.29) is 5.91 Å². The molecule has 134 valence electrons. The quantitative estimate of drug-likeness (QED) is 0.465. The first-order valence-electron chi connectivity index (χ1n) is 8.20. The number of benzene rings is 2. The van der Waals surface area contributed by atoms with Crippen LogP contribution in [0.5, 0.6) is 11.6 Å². The molecule has 4 aromatic rings. The number of amides is 1. The molecule has 0 bridgehead atoms. The molecule has 5 nitrogen and oxygen atoms in total. The molecule has 0 fully saturated rings. The molecule has 7 heteroatoms. The zero-order chi connectivity index (χ0) is 18.6. The van der Waals surface area contributed by atoms with Gasteiger partial charge in [-0.2, -0.15) is 0 Å². The summed E-state index contributed by atoms with van der Waals surface area (Å²) in [5, 5.41) is 3.74. The summed E-state index contributed by atoms with van der Waals surface area (Å²) in [5.41, 5.74) is 1.41. The number of thiazole rings is 1. The Morgan fingerprint density at radius 3 is 2.67 bits per heavy atom. The molecule has 4 rings (SSSR count). The van der Waals surface area contributed by atoms with Crippen LogP contribution in [-0.4, -0.2) is 15.9 Å². The molecule has 0 saturated heterocycles. The van der Waals surface area contributed by atoms with Crippen LogP contribution in [0.1, 0.15) is 15.4 Å². The van der Waals surface area contributed by atoms with Gasteiger partial charge in [-0.15, -0.1) is 11.3 Å². The van der Waals surface area contributed by atoms with Gasteiger partial charge in [0.05, 0.1) is 26.8 Å². The Hall–Kier alpha value is -2.77. The van der Waals surface area contributed by atoms with Gasteiger partial charge in [-0.05, 0) is 46.3 Å². The van der Waals surface area contributed by atoms with E-state index < -0.39 is 0 Å². The first kappa shape index (κ1) is 17.6. The molecule has 2 heterocycles. The smallest absolute Gasteiger partial charge is 0.253 e. The van der Waals surface area contributed by atoms with E-state index in [9.17, 15) is 4.79 Å². The Morgan fingerprint density at radius 1 is 1.07 bits per heavy atom. The number of nitrogens with zero attached hydrogens (tertiary/aromatic N) is 2. The van der Waals surface area contributed by atoms with E-state index in [1.54, 1.807) is 23.5 Å². The van der Waals surface area contributed by atoms with Gasteiger partial charge in [-0.3, -0.25) is 4.79 Å². The molecule has 0 saturated carbocycles. The lowest BCUT2D eigenvalue weighted by atomic mass is 10.2. The van der Waals surface area contributed by atoms with Crippen molar-refractivity contribution in [2.75, 3.05) is 0 Å². The van der Waals surface area contributed by atoms with E-state index in [1.807, 2.05) is 48.5 Å². The number of carbonyl (C=O) groups is 1. The number of hydrogen-bond acceptors (Lipinski definition) is 5. The van der Waals surface area contributed by atoms with Crippen LogP contribution in [0.3, 0.4) is 0 Å². The summed E-state index contributed by atoms with van der Waals surface area (Å²) in [4.78, 5) is 21.1. The molecular formula is C20H14BrN3O2S. The standard InChI is InChI=1S/C20H14BrN3O2S/c21-14-5-1-3-7-16(14)26-18-10-9-13(11-22-18)20(25)23-12-19-24-15-6-2-4-8-17(15)27-19/h1-11H,12H2,(H,23,25). The number of ether oxygens (including phenoxy) is 1. The summed E-state index contributed by atoms with van der Waals surface area (Å²) < 4.78 is 7.65. The fourth-order valence-electron chi connectivity index (χ4n) is 2.47. The number of pyridine rings is 1. The average molecular weight is 440 g/mol. The van der Waals surface area contributed by atoms with Gasteiger partial charge in [0.2, 0.25) is 5.88 Å². The molecule has 1 amide bonds. The summed E-state index contributed by atoms with van der Waals surface area (Å²) in [6.45, 7) is 0.382. The van der Waals surface area contributed by atoms with Gasteiger partial charge >= 0.3 is 0 Å². The predicted octanol–water partition coefficient (Wildman–Crippen LogP) is 5.18. The highest BCUT2D eigenvalue weighted by Gasteiger charge is 2.09. The van der Waals surface area contributed by atoms with Crippen LogP contribution in [0.25, 0.3) is 10.2 Å². The van der Waals surface area contributed by atoms with E-state index >= 15 is 0 Å². The van der Waals surface area contributed by atoms with E-state index in [0.717, 1.165) is 19.7 Å². The van der Waals surface area contributed by atoms with E-state index in [2.05, 4.69) is 31.2 Å². The molecule has 0 atom stereocenters. The summed E-state index contributed by atoms with van der Waals surface area (Å²) in [6.07, 6.45) is 1.50. The first-order valence-corrected chi connectivity index (χ1v) is 9.81. The average Bonchev–Trinajstić information content (AvgIpc) is 3.11. The number of rotatable bonds is 5. The fourth-order valence-corrected chi connectivity index (χ4v) is 3.74. The minimum absolute atomic E-state index is 0.200. The largest absolute Gasteiger partial charge is 0.438 e. The number of halogens is 1. The van der Waals surface area contributed by atoms with Crippen LogP contribution < -0.4 is 10.1 Å². The molecule has 0 unspecified atom stereocenters. The molecule has 1 N–H and O–H groups in total. The lowest BCUT2D eigenvalue weighted by molar-refractivity contribution is 0.0950. The number of fused-ring (bicyclic) bond motifs is 1. The minimum atomic E-state index is -0.200. The second-order valence-electron chi connectivity index (χ2n) is 5.68. The van der Waals surface area contributed by atoms with Gasteiger partial charge in [0, 0.05) is 12.3 Å². The van der Waals surface area contributed by atoms with Crippen molar-refractivity contribution in [3.8, 4) is 11.6 Å². The Morgan fingerprint density at radius 2 is 1.89 bits per heavy atom. The van der Waals surface area contributed by atoms with Crippen molar-refractivity contribution in [1.82, 2.24) is 15.3 Å². The summed E-state index contributed by atoms with van der Waals surface area (Å²) in [5.74, 6) is 0.886. The van der Waals surface area contributed by atoms with Gasteiger partial charge in [0.1, 0.15) is 10.8 Å². The summed E-state index contributed by atoms with van der Waals surface area (Å²) in [7, 11) is 0. The predicted molar refractivity (Wildman–Crippen MR) is 109 cm³/mol. The second-order valence-corrected chi connectivity index (χ2v) is 7.65. The van der Waals surface area contributed by atoms with Gasteiger partial charge in [0.15, 0.2) is 0 Å². The van der Waals surface area contributed by atoms with Crippen LogP contribution >= 0.6 is 27.3 Å². The molecule has 2 aromatic carbocycles. The molecule has 2 aromatic heterocycles. The molecule has 0 aliphatic heterocycles. The molecule has 27 heavy (non-hydrogen) atoms. The van der Waals surface area contributed by atoms with Crippen LogP contribution in [0.2, 0.25) is 0 Å². The zero-order valence-corrected chi connectivity index (χ0v) is 16.5. The lowest BCUT2D eigenvalue weighted by Gasteiger charge is -2.07. The van der Waals surface area contributed by atoms with Crippen LogP contribution in [0, 0.1) is 0 Å². The molecule has 0 spiro atoms. The molecule has 0 aliphatic rings. The fraction of sp³-hybridized carbons (Fsp3) is 0.0500.